The molecule has 0 spiro atoms. The zero-order chi connectivity index (χ0) is 13.5. The number of rotatable bonds is 8. The molecule has 0 amide bonds. The fourth-order valence-electron chi connectivity index (χ4n) is 2.15. The minimum Gasteiger partial charge on any atom is -0.493 e. The van der Waals surface area contributed by atoms with E-state index < -0.39 is 0 Å². The molecule has 1 heterocycles. The summed E-state index contributed by atoms with van der Waals surface area (Å²) in [6.45, 7) is 4.76. The highest BCUT2D eigenvalue weighted by Gasteiger charge is 2.28. The van der Waals surface area contributed by atoms with Gasteiger partial charge in [0.1, 0.15) is 5.69 Å². The summed E-state index contributed by atoms with van der Waals surface area (Å²) in [5, 5.41) is 4.20. The van der Waals surface area contributed by atoms with Crippen molar-refractivity contribution < 1.29 is 9.47 Å². The number of hydrazine groups is 1. The van der Waals surface area contributed by atoms with Crippen LogP contribution in [0.15, 0.2) is 6.20 Å². The SMILES string of the molecule is CCCC(OCC)C(NN)c1c(OC)cnn1C. The van der Waals surface area contributed by atoms with Crippen LogP contribution in [-0.4, -0.2) is 29.6 Å². The first kappa shape index (κ1) is 14.9. The molecule has 1 rings (SSSR count). The molecule has 0 aliphatic heterocycles. The van der Waals surface area contributed by atoms with E-state index in [0.717, 1.165) is 24.3 Å². The van der Waals surface area contributed by atoms with Crippen LogP contribution in [0.25, 0.3) is 0 Å². The van der Waals surface area contributed by atoms with Gasteiger partial charge in [0.15, 0.2) is 5.75 Å². The van der Waals surface area contributed by atoms with E-state index in [1.165, 1.54) is 0 Å². The predicted molar refractivity (Wildman–Crippen MR) is 70.1 cm³/mol. The number of nitrogens with two attached hydrogens (primary N) is 1. The lowest BCUT2D eigenvalue weighted by Gasteiger charge is -2.26. The Morgan fingerprint density at radius 3 is 2.72 bits per heavy atom. The van der Waals surface area contributed by atoms with Gasteiger partial charge >= 0.3 is 0 Å². The van der Waals surface area contributed by atoms with Crippen LogP contribution >= 0.6 is 0 Å². The van der Waals surface area contributed by atoms with Gasteiger partial charge in [0.05, 0.1) is 25.5 Å². The third-order valence-corrected chi connectivity index (χ3v) is 2.97. The van der Waals surface area contributed by atoms with E-state index in [0.29, 0.717) is 6.61 Å². The van der Waals surface area contributed by atoms with E-state index in [1.807, 2.05) is 14.0 Å². The molecule has 6 heteroatoms. The van der Waals surface area contributed by atoms with Crippen molar-refractivity contribution in [1.82, 2.24) is 15.2 Å². The number of hydrogen-bond acceptors (Lipinski definition) is 5. The van der Waals surface area contributed by atoms with Gasteiger partial charge in [0.2, 0.25) is 0 Å². The maximum Gasteiger partial charge on any atom is 0.161 e. The van der Waals surface area contributed by atoms with Crippen LogP contribution in [0.4, 0.5) is 0 Å². The standard InChI is InChI=1S/C12H24N4O2/c1-5-7-9(18-6-2)11(15-13)12-10(17-4)8-14-16(12)3/h8-9,11,15H,5-7,13H2,1-4H3. The Morgan fingerprint density at radius 2 is 2.22 bits per heavy atom. The Morgan fingerprint density at radius 1 is 1.50 bits per heavy atom. The van der Waals surface area contributed by atoms with Gasteiger partial charge in [-0.1, -0.05) is 13.3 Å². The summed E-state index contributed by atoms with van der Waals surface area (Å²) in [4.78, 5) is 0. The second-order valence-electron chi connectivity index (χ2n) is 4.15. The van der Waals surface area contributed by atoms with Gasteiger partial charge in [-0.15, -0.1) is 0 Å². The highest BCUT2D eigenvalue weighted by molar-refractivity contribution is 5.29. The van der Waals surface area contributed by atoms with E-state index in [1.54, 1.807) is 18.0 Å². The average Bonchev–Trinajstić information content (AvgIpc) is 2.73. The maximum absolute atomic E-state index is 5.77. The lowest BCUT2D eigenvalue weighted by molar-refractivity contribution is 0.0249. The molecule has 0 aromatic carbocycles. The van der Waals surface area contributed by atoms with Crippen LogP contribution < -0.4 is 16.0 Å². The largest absolute Gasteiger partial charge is 0.493 e. The highest BCUT2D eigenvalue weighted by Crippen LogP contribution is 2.29. The van der Waals surface area contributed by atoms with Crippen molar-refractivity contribution >= 4 is 0 Å². The van der Waals surface area contributed by atoms with Crippen molar-refractivity contribution in [3.8, 4) is 5.75 Å². The Kier molecular flexibility index (Phi) is 6.11. The molecule has 1 aromatic rings. The molecule has 0 bridgehead atoms. The second-order valence-corrected chi connectivity index (χ2v) is 4.15. The second kappa shape index (κ2) is 7.35. The molecule has 0 radical (unpaired) electrons. The normalized spacial score (nSPS) is 14.5. The number of aromatic nitrogens is 2. The molecule has 18 heavy (non-hydrogen) atoms. The molecule has 0 aliphatic rings. The number of ether oxygens (including phenoxy) is 2. The average molecular weight is 256 g/mol. The first-order chi connectivity index (χ1) is 8.69. The third-order valence-electron chi connectivity index (χ3n) is 2.97. The van der Waals surface area contributed by atoms with Gasteiger partial charge in [-0.3, -0.25) is 10.5 Å². The van der Waals surface area contributed by atoms with Crippen LogP contribution in [0.2, 0.25) is 0 Å². The minimum absolute atomic E-state index is 0.00861. The molecular weight excluding hydrogens is 232 g/mol. The van der Waals surface area contributed by atoms with Gasteiger partial charge in [-0.05, 0) is 13.3 Å². The molecule has 0 fully saturated rings. The van der Waals surface area contributed by atoms with E-state index in [4.69, 9.17) is 15.3 Å². The summed E-state index contributed by atoms with van der Waals surface area (Å²) in [7, 11) is 3.50. The molecule has 3 N–H and O–H groups in total. The Bertz CT molecular complexity index is 348. The topological polar surface area (TPSA) is 74.3 Å². The first-order valence-corrected chi connectivity index (χ1v) is 6.33. The third kappa shape index (κ3) is 3.22. The molecule has 104 valence electrons. The van der Waals surface area contributed by atoms with Gasteiger partial charge in [-0.25, -0.2) is 5.43 Å². The molecular formula is C12H24N4O2. The molecule has 0 saturated heterocycles. The van der Waals surface area contributed by atoms with E-state index in [2.05, 4.69) is 17.4 Å². The van der Waals surface area contributed by atoms with Crippen LogP contribution in [0.1, 0.15) is 38.4 Å². The number of nitrogens with zero attached hydrogens (tertiary/aromatic N) is 2. The fraction of sp³-hybridized carbons (Fsp3) is 0.750. The lowest BCUT2D eigenvalue weighted by Crippen LogP contribution is -2.39. The van der Waals surface area contributed by atoms with Crippen molar-refractivity contribution in [2.24, 2.45) is 12.9 Å². The summed E-state index contributed by atoms with van der Waals surface area (Å²) < 4.78 is 12.9. The highest BCUT2D eigenvalue weighted by atomic mass is 16.5. The molecule has 0 aliphatic carbocycles. The van der Waals surface area contributed by atoms with Crippen molar-refractivity contribution in [2.45, 2.75) is 38.8 Å². The summed E-state index contributed by atoms with van der Waals surface area (Å²) in [5.41, 5.74) is 3.73. The van der Waals surface area contributed by atoms with Crippen molar-refractivity contribution in [3.05, 3.63) is 11.9 Å². The number of nitrogens with one attached hydrogen (secondary N) is 1. The lowest BCUT2D eigenvalue weighted by atomic mass is 10.0. The monoisotopic (exact) mass is 256 g/mol. The predicted octanol–water partition coefficient (Wildman–Crippen LogP) is 1.14. The Labute approximate surface area is 108 Å². The Balaban J connectivity index is 3.01. The van der Waals surface area contributed by atoms with Crippen molar-refractivity contribution in [2.75, 3.05) is 13.7 Å². The van der Waals surface area contributed by atoms with E-state index >= 15 is 0 Å². The van der Waals surface area contributed by atoms with E-state index in [9.17, 15) is 0 Å². The van der Waals surface area contributed by atoms with Gasteiger partial charge < -0.3 is 9.47 Å². The van der Waals surface area contributed by atoms with Crippen LogP contribution in [-0.2, 0) is 11.8 Å². The van der Waals surface area contributed by atoms with Crippen molar-refractivity contribution in [3.63, 3.8) is 0 Å². The zero-order valence-corrected chi connectivity index (χ0v) is 11.6. The summed E-state index contributed by atoms with van der Waals surface area (Å²) in [6, 6.07) is -0.132. The quantitative estimate of drug-likeness (QED) is 0.539. The van der Waals surface area contributed by atoms with Gasteiger partial charge in [0.25, 0.3) is 0 Å². The first-order valence-electron chi connectivity index (χ1n) is 6.33. The number of methoxy groups -OCH3 is 1. The minimum atomic E-state index is -0.132. The summed E-state index contributed by atoms with van der Waals surface area (Å²) in [6.07, 6.45) is 3.66. The summed E-state index contributed by atoms with van der Waals surface area (Å²) in [5.74, 6) is 6.41. The van der Waals surface area contributed by atoms with E-state index in [-0.39, 0.29) is 12.1 Å². The number of hydrogen-bond donors (Lipinski definition) is 2. The van der Waals surface area contributed by atoms with Crippen LogP contribution in [0.3, 0.4) is 0 Å². The zero-order valence-electron chi connectivity index (χ0n) is 11.6. The van der Waals surface area contributed by atoms with Crippen molar-refractivity contribution in [1.29, 1.82) is 0 Å². The smallest absolute Gasteiger partial charge is 0.161 e. The molecule has 2 atom stereocenters. The molecule has 1 aromatic heterocycles. The Hall–Kier alpha value is -1.11. The molecule has 2 unspecified atom stereocenters. The molecule has 6 nitrogen and oxygen atoms in total. The van der Waals surface area contributed by atoms with Crippen LogP contribution in [0, 0.1) is 0 Å². The molecule has 0 saturated carbocycles. The number of aryl methyl sites for hydroxylation is 1. The maximum atomic E-state index is 5.77. The summed E-state index contributed by atoms with van der Waals surface area (Å²) >= 11 is 0. The fourth-order valence-corrected chi connectivity index (χ4v) is 2.15. The van der Waals surface area contributed by atoms with Crippen LogP contribution in [0.5, 0.6) is 5.75 Å². The van der Waals surface area contributed by atoms with Gasteiger partial charge in [0, 0.05) is 13.7 Å². The van der Waals surface area contributed by atoms with Gasteiger partial charge in [-0.2, -0.15) is 5.10 Å².